The lowest BCUT2D eigenvalue weighted by atomic mass is 10.2. The van der Waals surface area contributed by atoms with Crippen LogP contribution in [0.25, 0.3) is 22.6 Å². The van der Waals surface area contributed by atoms with Gasteiger partial charge in [0, 0.05) is 11.8 Å². The van der Waals surface area contributed by atoms with E-state index >= 15 is 0 Å². The Balaban J connectivity index is 1.87. The van der Waals surface area contributed by atoms with Crippen molar-refractivity contribution in [2.45, 2.75) is 6.54 Å². The molecule has 8 nitrogen and oxygen atoms in total. The van der Waals surface area contributed by atoms with Crippen molar-refractivity contribution in [1.29, 1.82) is 0 Å². The molecule has 0 aliphatic heterocycles. The highest BCUT2D eigenvalue weighted by Crippen LogP contribution is 2.26. The van der Waals surface area contributed by atoms with Gasteiger partial charge in [-0.2, -0.15) is 10.1 Å². The third kappa shape index (κ3) is 2.61. The van der Waals surface area contributed by atoms with Gasteiger partial charge in [-0.25, -0.2) is 14.1 Å². The van der Waals surface area contributed by atoms with Crippen LogP contribution >= 0.6 is 0 Å². The third-order valence-corrected chi connectivity index (χ3v) is 3.69. The Bertz CT molecular complexity index is 1080. The molecule has 0 unspecified atom stereocenters. The third-order valence-electron chi connectivity index (χ3n) is 3.69. The van der Waals surface area contributed by atoms with E-state index in [0.29, 0.717) is 22.3 Å². The molecule has 9 heteroatoms. The molecule has 0 aliphatic carbocycles. The van der Waals surface area contributed by atoms with E-state index in [1.54, 1.807) is 41.2 Å². The fourth-order valence-electron chi connectivity index (χ4n) is 2.50. The van der Waals surface area contributed by atoms with E-state index in [4.69, 9.17) is 5.73 Å². The van der Waals surface area contributed by atoms with Crippen LogP contribution in [-0.2, 0) is 6.54 Å². The summed E-state index contributed by atoms with van der Waals surface area (Å²) in [5.41, 5.74) is 6.83. The van der Waals surface area contributed by atoms with Crippen LogP contribution in [0, 0.1) is 5.82 Å². The monoisotopic (exact) mass is 337 g/mol. The van der Waals surface area contributed by atoms with Crippen molar-refractivity contribution < 1.29 is 9.50 Å². The Morgan fingerprint density at radius 3 is 2.76 bits per heavy atom. The van der Waals surface area contributed by atoms with Gasteiger partial charge in [0.15, 0.2) is 5.65 Å². The topological polar surface area (TPSA) is 116 Å². The summed E-state index contributed by atoms with van der Waals surface area (Å²) in [6, 6.07) is 9.98. The number of pyridine rings is 1. The zero-order valence-corrected chi connectivity index (χ0v) is 12.8. The Labute approximate surface area is 140 Å². The zero-order chi connectivity index (χ0) is 17.4. The second-order valence-corrected chi connectivity index (χ2v) is 5.32. The molecular formula is C16H12FN7O. The van der Waals surface area contributed by atoms with E-state index in [1.807, 2.05) is 0 Å². The number of benzene rings is 1. The number of fused-ring (bicyclic) bond motifs is 1. The van der Waals surface area contributed by atoms with E-state index in [-0.39, 0.29) is 24.0 Å². The van der Waals surface area contributed by atoms with Gasteiger partial charge in [0.25, 0.3) is 5.88 Å². The summed E-state index contributed by atoms with van der Waals surface area (Å²) in [4.78, 5) is 8.22. The van der Waals surface area contributed by atoms with Crippen LogP contribution in [0.1, 0.15) is 5.56 Å². The smallest absolute Gasteiger partial charge is 0.258 e. The number of nitrogens with two attached hydrogens (primary N) is 1. The summed E-state index contributed by atoms with van der Waals surface area (Å²) < 4.78 is 15.5. The molecule has 0 radical (unpaired) electrons. The first-order valence-electron chi connectivity index (χ1n) is 7.38. The molecule has 3 aromatic heterocycles. The van der Waals surface area contributed by atoms with Crippen LogP contribution in [0.5, 0.6) is 5.88 Å². The van der Waals surface area contributed by atoms with Gasteiger partial charge < -0.3 is 10.8 Å². The highest BCUT2D eigenvalue weighted by atomic mass is 19.1. The van der Waals surface area contributed by atoms with Crippen molar-refractivity contribution in [1.82, 2.24) is 29.9 Å². The first kappa shape index (κ1) is 14.9. The molecule has 0 saturated carbocycles. The van der Waals surface area contributed by atoms with Crippen LogP contribution in [0.2, 0.25) is 0 Å². The summed E-state index contributed by atoms with van der Waals surface area (Å²) >= 11 is 0. The van der Waals surface area contributed by atoms with Crippen molar-refractivity contribution >= 4 is 16.9 Å². The predicted octanol–water partition coefficient (Wildman–Crippen LogP) is 1.76. The molecule has 0 saturated heterocycles. The summed E-state index contributed by atoms with van der Waals surface area (Å²) in [5.74, 6) is -0.814. The Morgan fingerprint density at radius 2 is 1.96 bits per heavy atom. The van der Waals surface area contributed by atoms with E-state index in [2.05, 4.69) is 25.3 Å². The first-order valence-corrected chi connectivity index (χ1v) is 7.38. The molecule has 124 valence electrons. The number of hydrogen-bond donors (Lipinski definition) is 2. The van der Waals surface area contributed by atoms with Crippen molar-refractivity contribution in [3.8, 4) is 17.4 Å². The quantitative estimate of drug-likeness (QED) is 0.585. The molecule has 0 aliphatic rings. The van der Waals surface area contributed by atoms with Crippen LogP contribution < -0.4 is 5.73 Å². The first-order chi connectivity index (χ1) is 12.1. The zero-order valence-electron chi connectivity index (χ0n) is 12.8. The average Bonchev–Trinajstić information content (AvgIpc) is 2.98. The largest absolute Gasteiger partial charge is 0.491 e. The number of aromatic nitrogens is 6. The molecule has 25 heavy (non-hydrogen) atoms. The maximum absolute atomic E-state index is 14.0. The minimum Gasteiger partial charge on any atom is -0.491 e. The van der Waals surface area contributed by atoms with Crippen LogP contribution in [-0.4, -0.2) is 35.1 Å². The van der Waals surface area contributed by atoms with Crippen molar-refractivity contribution in [3.63, 3.8) is 0 Å². The van der Waals surface area contributed by atoms with Gasteiger partial charge in [-0.15, -0.1) is 10.2 Å². The molecular weight excluding hydrogens is 325 g/mol. The number of aromatic hydroxyl groups is 1. The summed E-state index contributed by atoms with van der Waals surface area (Å²) in [6.45, 7) is 0.189. The number of anilines is 1. The van der Waals surface area contributed by atoms with Crippen molar-refractivity contribution in [2.24, 2.45) is 0 Å². The highest BCUT2D eigenvalue weighted by molar-refractivity contribution is 5.89. The van der Waals surface area contributed by atoms with Gasteiger partial charge in [-0.05, 0) is 18.2 Å². The number of rotatable bonds is 3. The van der Waals surface area contributed by atoms with Crippen LogP contribution in [0.4, 0.5) is 10.2 Å². The molecule has 0 fully saturated rings. The SMILES string of the molecule is Nc1nnc(-c2nn(Cc3ccccc3F)c3ncccc23)nc1O. The maximum atomic E-state index is 14.0. The maximum Gasteiger partial charge on any atom is 0.258 e. The molecule has 4 aromatic rings. The van der Waals surface area contributed by atoms with Gasteiger partial charge in [0.05, 0.1) is 11.9 Å². The lowest BCUT2D eigenvalue weighted by Gasteiger charge is -2.04. The number of nitrogens with zero attached hydrogens (tertiary/aromatic N) is 6. The Morgan fingerprint density at radius 1 is 1.12 bits per heavy atom. The molecule has 4 rings (SSSR count). The van der Waals surface area contributed by atoms with Gasteiger partial charge >= 0.3 is 0 Å². The fraction of sp³-hybridized carbons (Fsp3) is 0.0625. The molecule has 0 spiro atoms. The number of hydrogen-bond acceptors (Lipinski definition) is 7. The summed E-state index contributed by atoms with van der Waals surface area (Å²) in [6.07, 6.45) is 1.62. The molecule has 1 aromatic carbocycles. The van der Waals surface area contributed by atoms with E-state index in [9.17, 15) is 9.50 Å². The van der Waals surface area contributed by atoms with Crippen molar-refractivity contribution in [3.05, 3.63) is 54.0 Å². The summed E-state index contributed by atoms with van der Waals surface area (Å²) in [5, 5.41) is 22.3. The van der Waals surface area contributed by atoms with Gasteiger partial charge in [-0.3, -0.25) is 0 Å². The lowest BCUT2D eigenvalue weighted by molar-refractivity contribution is 0.452. The Hall–Kier alpha value is -3.62. The summed E-state index contributed by atoms with van der Waals surface area (Å²) in [7, 11) is 0. The highest BCUT2D eigenvalue weighted by Gasteiger charge is 2.18. The minimum absolute atomic E-state index is 0.108. The van der Waals surface area contributed by atoms with Gasteiger partial charge in [-0.1, -0.05) is 18.2 Å². The normalized spacial score (nSPS) is 11.1. The number of halogens is 1. The average molecular weight is 337 g/mol. The second-order valence-electron chi connectivity index (χ2n) is 5.32. The standard InChI is InChI=1S/C16H12FN7O/c17-11-6-2-1-4-9(11)8-24-15-10(5-3-7-19-15)12(23-24)14-20-16(25)13(18)21-22-14/h1-7H,8H2,(H2,18,21)(H,20,22,25). The van der Waals surface area contributed by atoms with Crippen LogP contribution in [0.3, 0.4) is 0 Å². The predicted molar refractivity (Wildman–Crippen MR) is 87.9 cm³/mol. The van der Waals surface area contributed by atoms with Gasteiger partial charge in [0.2, 0.25) is 11.6 Å². The second kappa shape index (κ2) is 5.78. The fourth-order valence-corrected chi connectivity index (χ4v) is 2.50. The molecule has 3 N–H and O–H groups in total. The van der Waals surface area contributed by atoms with E-state index in [0.717, 1.165) is 0 Å². The van der Waals surface area contributed by atoms with Crippen molar-refractivity contribution in [2.75, 3.05) is 5.73 Å². The molecule has 0 atom stereocenters. The van der Waals surface area contributed by atoms with E-state index in [1.165, 1.54) is 6.07 Å². The Kier molecular flexibility index (Phi) is 3.46. The molecule has 0 amide bonds. The molecule has 0 bridgehead atoms. The minimum atomic E-state index is -0.425. The molecule has 3 heterocycles. The number of nitrogen functional groups attached to an aromatic ring is 1. The van der Waals surface area contributed by atoms with E-state index < -0.39 is 5.88 Å². The van der Waals surface area contributed by atoms with Gasteiger partial charge in [0.1, 0.15) is 11.5 Å². The van der Waals surface area contributed by atoms with Crippen LogP contribution in [0.15, 0.2) is 42.6 Å². The lowest BCUT2D eigenvalue weighted by Crippen LogP contribution is -2.05.